The van der Waals surface area contributed by atoms with E-state index in [9.17, 15) is 14.9 Å². The van der Waals surface area contributed by atoms with Gasteiger partial charge in [0.25, 0.3) is 5.96 Å². The number of ether oxygens (including phenoxy) is 2. The predicted octanol–water partition coefficient (Wildman–Crippen LogP) is 2.25. The fraction of sp³-hybridized carbons (Fsp3) is 0.556. The molecule has 2 aliphatic heterocycles. The van der Waals surface area contributed by atoms with Crippen LogP contribution in [0.3, 0.4) is 0 Å². The summed E-state index contributed by atoms with van der Waals surface area (Å²) in [5.41, 5.74) is 1.65. The van der Waals surface area contributed by atoms with E-state index >= 15 is 0 Å². The van der Waals surface area contributed by atoms with E-state index in [0.717, 1.165) is 11.1 Å². The van der Waals surface area contributed by atoms with E-state index in [1.54, 1.807) is 4.90 Å². The molecule has 2 fully saturated rings. The Bertz CT molecular complexity index is 746. The first kappa shape index (κ1) is 19.1. The van der Waals surface area contributed by atoms with Gasteiger partial charge in [-0.25, -0.2) is 19.8 Å². The second kappa shape index (κ2) is 7.91. The van der Waals surface area contributed by atoms with Gasteiger partial charge in [0.05, 0.1) is 13.2 Å². The van der Waals surface area contributed by atoms with Crippen molar-refractivity contribution in [3.8, 4) is 5.75 Å². The molecule has 146 valence electrons. The van der Waals surface area contributed by atoms with Gasteiger partial charge in [-0.05, 0) is 30.9 Å². The molecule has 0 radical (unpaired) electrons. The molecule has 0 aromatic heterocycles. The number of carbonyl (C=O) groups is 1. The number of nitro groups is 1. The van der Waals surface area contributed by atoms with Gasteiger partial charge in [-0.15, -0.1) is 0 Å². The van der Waals surface area contributed by atoms with Crippen molar-refractivity contribution in [2.75, 3.05) is 32.8 Å². The molecule has 9 heteroatoms. The Morgan fingerprint density at radius 2 is 2.04 bits per heavy atom. The molecule has 1 aromatic carbocycles. The second-order valence-electron chi connectivity index (χ2n) is 7.10. The summed E-state index contributed by atoms with van der Waals surface area (Å²) < 4.78 is 11.0. The number of para-hydroxylation sites is 1. The highest BCUT2D eigenvalue weighted by Crippen LogP contribution is 2.26. The number of benzene rings is 1. The van der Waals surface area contributed by atoms with E-state index < -0.39 is 11.1 Å². The monoisotopic (exact) mass is 376 g/mol. The van der Waals surface area contributed by atoms with Gasteiger partial charge in [0.1, 0.15) is 10.9 Å². The van der Waals surface area contributed by atoms with E-state index in [1.165, 1.54) is 4.90 Å². The van der Waals surface area contributed by atoms with Crippen molar-refractivity contribution in [1.29, 1.82) is 0 Å². The van der Waals surface area contributed by atoms with Crippen molar-refractivity contribution in [3.05, 3.63) is 39.4 Å². The fourth-order valence-electron chi connectivity index (χ4n) is 3.45. The third kappa shape index (κ3) is 4.19. The molecule has 0 aliphatic carbocycles. The average molecular weight is 376 g/mol. The first-order valence-electron chi connectivity index (χ1n) is 8.98. The van der Waals surface area contributed by atoms with Crippen LogP contribution >= 0.6 is 0 Å². The molecule has 0 N–H and O–H groups in total. The lowest BCUT2D eigenvalue weighted by Crippen LogP contribution is -2.42. The molecular formula is C18H24N4O5. The van der Waals surface area contributed by atoms with E-state index in [4.69, 9.17) is 9.47 Å². The number of nitrogens with zero attached hydrogens (tertiary/aromatic N) is 4. The number of hydrogen-bond acceptors (Lipinski definition) is 5. The lowest BCUT2D eigenvalue weighted by molar-refractivity contribution is -0.486. The average Bonchev–Trinajstić information content (AvgIpc) is 3.18. The highest BCUT2D eigenvalue weighted by molar-refractivity contribution is 5.96. The van der Waals surface area contributed by atoms with Crippen LogP contribution in [0.15, 0.2) is 23.3 Å². The zero-order valence-electron chi connectivity index (χ0n) is 15.8. The van der Waals surface area contributed by atoms with Crippen LogP contribution in [0.25, 0.3) is 0 Å². The van der Waals surface area contributed by atoms with E-state index in [1.807, 2.05) is 32.0 Å². The standard InChI is InChI=1S/C18H24N4O5/c1-12-5-4-6-13(2)16(12)27-18(23)21-8-7-20(17(21)19-22(24)25)9-15-11-26-10-14(15)3/h4-6,14-15H,7-11H2,1-3H3. The largest absolute Gasteiger partial charge is 0.422 e. The molecule has 2 heterocycles. The van der Waals surface area contributed by atoms with Crippen molar-refractivity contribution in [2.45, 2.75) is 20.8 Å². The number of aryl methyl sites for hydroxylation is 2. The SMILES string of the molecule is Cc1cccc(C)c1OC(=O)N1CCN(CC2COCC2C)C1=N[N+](=O)[O-]. The summed E-state index contributed by atoms with van der Waals surface area (Å²) in [6, 6.07) is 5.57. The maximum Gasteiger partial charge on any atom is 0.422 e. The van der Waals surface area contributed by atoms with Crippen molar-refractivity contribution in [1.82, 2.24) is 9.80 Å². The topological polar surface area (TPSA) is 97.5 Å². The zero-order chi connectivity index (χ0) is 19.6. The highest BCUT2D eigenvalue weighted by Gasteiger charge is 2.38. The Morgan fingerprint density at radius 3 is 2.63 bits per heavy atom. The van der Waals surface area contributed by atoms with Crippen molar-refractivity contribution < 1.29 is 19.3 Å². The van der Waals surface area contributed by atoms with Crippen LogP contribution in [0.4, 0.5) is 4.79 Å². The Balaban J connectivity index is 1.77. The second-order valence-corrected chi connectivity index (χ2v) is 7.10. The molecule has 0 spiro atoms. The highest BCUT2D eigenvalue weighted by atomic mass is 16.7. The zero-order valence-corrected chi connectivity index (χ0v) is 15.8. The molecule has 9 nitrogen and oxygen atoms in total. The smallest absolute Gasteiger partial charge is 0.409 e. The van der Waals surface area contributed by atoms with Crippen LogP contribution in [-0.2, 0) is 4.74 Å². The molecule has 0 saturated carbocycles. The van der Waals surface area contributed by atoms with Gasteiger partial charge in [0, 0.05) is 25.6 Å². The molecule has 1 amide bonds. The van der Waals surface area contributed by atoms with Crippen LogP contribution in [0.2, 0.25) is 0 Å². The Labute approximate surface area is 157 Å². The van der Waals surface area contributed by atoms with Crippen LogP contribution in [0.5, 0.6) is 5.75 Å². The molecular weight excluding hydrogens is 352 g/mol. The van der Waals surface area contributed by atoms with Gasteiger partial charge in [0.2, 0.25) is 0 Å². The maximum absolute atomic E-state index is 12.7. The summed E-state index contributed by atoms with van der Waals surface area (Å²) in [4.78, 5) is 26.7. The maximum atomic E-state index is 12.7. The summed E-state index contributed by atoms with van der Waals surface area (Å²) in [5, 5.41) is 13.7. The summed E-state index contributed by atoms with van der Waals surface area (Å²) in [6.45, 7) is 8.38. The molecule has 27 heavy (non-hydrogen) atoms. The molecule has 2 saturated heterocycles. The molecule has 2 aliphatic rings. The van der Waals surface area contributed by atoms with Gasteiger partial charge in [-0.3, -0.25) is 0 Å². The van der Waals surface area contributed by atoms with Crippen LogP contribution < -0.4 is 4.74 Å². The van der Waals surface area contributed by atoms with Gasteiger partial charge in [-0.2, -0.15) is 0 Å². The summed E-state index contributed by atoms with van der Waals surface area (Å²) in [7, 11) is 0. The lowest BCUT2D eigenvalue weighted by atomic mass is 9.98. The van der Waals surface area contributed by atoms with Crippen LogP contribution in [0.1, 0.15) is 18.1 Å². The number of rotatable bonds is 4. The number of carbonyl (C=O) groups excluding carboxylic acids is 1. The number of hydrogen-bond donors (Lipinski definition) is 0. The van der Waals surface area contributed by atoms with E-state index in [2.05, 4.69) is 12.0 Å². The van der Waals surface area contributed by atoms with Crippen LogP contribution in [0, 0.1) is 35.8 Å². The molecule has 0 bridgehead atoms. The third-order valence-corrected chi connectivity index (χ3v) is 5.08. The van der Waals surface area contributed by atoms with Gasteiger partial charge >= 0.3 is 6.09 Å². The van der Waals surface area contributed by atoms with Crippen molar-refractivity contribution >= 4 is 12.1 Å². The lowest BCUT2D eigenvalue weighted by Gasteiger charge is -2.23. The first-order valence-corrected chi connectivity index (χ1v) is 8.98. The molecule has 1 aromatic rings. The molecule has 3 rings (SSSR count). The predicted molar refractivity (Wildman–Crippen MR) is 98.1 cm³/mol. The summed E-state index contributed by atoms with van der Waals surface area (Å²) in [6.07, 6.45) is -0.661. The minimum Gasteiger partial charge on any atom is -0.409 e. The fourth-order valence-corrected chi connectivity index (χ4v) is 3.45. The Morgan fingerprint density at radius 1 is 1.33 bits per heavy atom. The summed E-state index contributed by atoms with van der Waals surface area (Å²) in [5.74, 6) is 1.10. The number of guanidine groups is 1. The minimum atomic E-state index is -0.776. The number of hydrazone groups is 1. The number of amides is 1. The molecule has 2 unspecified atom stereocenters. The third-order valence-electron chi connectivity index (χ3n) is 5.08. The van der Waals surface area contributed by atoms with Crippen molar-refractivity contribution in [3.63, 3.8) is 0 Å². The normalized spacial score (nSPS) is 23.9. The first-order chi connectivity index (χ1) is 12.9. The van der Waals surface area contributed by atoms with Crippen molar-refractivity contribution in [2.24, 2.45) is 16.9 Å². The summed E-state index contributed by atoms with van der Waals surface area (Å²) >= 11 is 0. The van der Waals surface area contributed by atoms with Gasteiger partial charge in [0.15, 0.2) is 5.03 Å². The van der Waals surface area contributed by atoms with Crippen LogP contribution in [-0.4, -0.2) is 59.7 Å². The van der Waals surface area contributed by atoms with Gasteiger partial charge < -0.3 is 14.4 Å². The minimum absolute atomic E-state index is 0.0235. The van der Waals surface area contributed by atoms with Gasteiger partial charge in [-0.1, -0.05) is 25.1 Å². The molecule has 2 atom stereocenters. The Kier molecular flexibility index (Phi) is 5.59. The Hall–Kier alpha value is -2.68. The quantitative estimate of drug-likeness (QED) is 0.590. The van der Waals surface area contributed by atoms with E-state index in [-0.39, 0.29) is 11.9 Å². The van der Waals surface area contributed by atoms with E-state index in [0.29, 0.717) is 44.5 Å².